The Balaban J connectivity index is 1.64. The van der Waals surface area contributed by atoms with Crippen LogP contribution in [0.25, 0.3) is 11.3 Å². The van der Waals surface area contributed by atoms with E-state index in [1.807, 2.05) is 48.0 Å². The molecule has 1 aliphatic rings. The number of carboxylic acids is 1. The van der Waals surface area contributed by atoms with Gasteiger partial charge in [-0.05, 0) is 39.3 Å². The van der Waals surface area contributed by atoms with Gasteiger partial charge < -0.3 is 10.0 Å². The number of aromatic amines is 1. The molecule has 27 heavy (non-hydrogen) atoms. The van der Waals surface area contributed by atoms with Crippen LogP contribution in [0.1, 0.15) is 35.3 Å². The Bertz CT molecular complexity index is 800. The largest absolute Gasteiger partial charge is 0.480 e. The average molecular weight is 370 g/mol. The highest BCUT2D eigenvalue weighted by Crippen LogP contribution is 2.21. The Hall–Kier alpha value is -2.67. The van der Waals surface area contributed by atoms with E-state index < -0.39 is 5.97 Å². The molecule has 0 bridgehead atoms. The molecular formula is C20H26N4O3. The van der Waals surface area contributed by atoms with Crippen LogP contribution in [-0.4, -0.2) is 69.7 Å². The molecule has 0 radical (unpaired) electrons. The SMILES string of the molecule is Cc1ccc(-c2cc(C(=O)N3CCCC(N(C)CC(=O)O)CC3)[nH]n2)cc1. The van der Waals surface area contributed by atoms with Gasteiger partial charge in [0.25, 0.3) is 5.91 Å². The molecule has 0 spiro atoms. The second-order valence-corrected chi connectivity index (χ2v) is 7.22. The average Bonchev–Trinajstić information content (AvgIpc) is 2.98. The number of carbonyl (C=O) groups excluding carboxylic acids is 1. The molecule has 2 N–H and O–H groups in total. The summed E-state index contributed by atoms with van der Waals surface area (Å²) >= 11 is 0. The van der Waals surface area contributed by atoms with Gasteiger partial charge in [-0.15, -0.1) is 0 Å². The van der Waals surface area contributed by atoms with Crippen LogP contribution in [0.4, 0.5) is 0 Å². The maximum absolute atomic E-state index is 12.9. The summed E-state index contributed by atoms with van der Waals surface area (Å²) in [6.45, 7) is 3.35. The minimum Gasteiger partial charge on any atom is -0.480 e. The molecule has 1 fully saturated rings. The Morgan fingerprint density at radius 1 is 1.26 bits per heavy atom. The molecule has 144 valence electrons. The number of H-pyrrole nitrogens is 1. The molecule has 1 amide bonds. The van der Waals surface area contributed by atoms with Gasteiger partial charge >= 0.3 is 5.97 Å². The number of hydrogen-bond acceptors (Lipinski definition) is 4. The Labute approximate surface area is 159 Å². The van der Waals surface area contributed by atoms with Crippen molar-refractivity contribution in [3.63, 3.8) is 0 Å². The second kappa shape index (κ2) is 8.35. The Kier molecular flexibility index (Phi) is 5.91. The minimum absolute atomic E-state index is 0.0269. The summed E-state index contributed by atoms with van der Waals surface area (Å²) in [6.07, 6.45) is 2.53. The van der Waals surface area contributed by atoms with Crippen LogP contribution in [-0.2, 0) is 4.79 Å². The van der Waals surface area contributed by atoms with Gasteiger partial charge in [-0.3, -0.25) is 19.6 Å². The molecule has 3 rings (SSSR count). The van der Waals surface area contributed by atoms with E-state index in [4.69, 9.17) is 5.11 Å². The fraction of sp³-hybridized carbons (Fsp3) is 0.450. The van der Waals surface area contributed by atoms with Crippen LogP contribution in [0.15, 0.2) is 30.3 Å². The lowest BCUT2D eigenvalue weighted by Crippen LogP contribution is -2.37. The summed E-state index contributed by atoms with van der Waals surface area (Å²) in [6, 6.07) is 10.0. The molecule has 7 nitrogen and oxygen atoms in total. The van der Waals surface area contributed by atoms with Crippen molar-refractivity contribution in [3.05, 3.63) is 41.6 Å². The number of aryl methyl sites for hydroxylation is 1. The van der Waals surface area contributed by atoms with Crippen molar-refractivity contribution < 1.29 is 14.7 Å². The molecule has 1 aromatic carbocycles. The molecule has 7 heteroatoms. The first kappa shape index (κ1) is 19.1. The molecule has 2 heterocycles. The quantitative estimate of drug-likeness (QED) is 0.844. The summed E-state index contributed by atoms with van der Waals surface area (Å²) in [5.74, 6) is -0.877. The molecule has 0 aliphatic carbocycles. The highest BCUT2D eigenvalue weighted by molar-refractivity contribution is 5.93. The van der Waals surface area contributed by atoms with Crippen LogP contribution in [0.5, 0.6) is 0 Å². The Morgan fingerprint density at radius 2 is 2.00 bits per heavy atom. The van der Waals surface area contributed by atoms with Gasteiger partial charge in [-0.1, -0.05) is 29.8 Å². The minimum atomic E-state index is -0.823. The summed E-state index contributed by atoms with van der Waals surface area (Å²) < 4.78 is 0. The number of rotatable bonds is 5. The number of likely N-dealkylation sites (N-methyl/N-ethyl adjacent to an activating group) is 1. The van der Waals surface area contributed by atoms with Crippen LogP contribution < -0.4 is 0 Å². The number of nitrogens with zero attached hydrogens (tertiary/aromatic N) is 3. The van der Waals surface area contributed by atoms with Gasteiger partial charge in [0.2, 0.25) is 0 Å². The van der Waals surface area contributed by atoms with Crippen molar-refractivity contribution in [2.24, 2.45) is 0 Å². The van der Waals surface area contributed by atoms with Gasteiger partial charge in [-0.2, -0.15) is 5.10 Å². The van der Waals surface area contributed by atoms with E-state index in [-0.39, 0.29) is 18.5 Å². The van der Waals surface area contributed by atoms with E-state index in [1.165, 1.54) is 5.56 Å². The Morgan fingerprint density at radius 3 is 2.70 bits per heavy atom. The highest BCUT2D eigenvalue weighted by Gasteiger charge is 2.25. The number of aromatic nitrogens is 2. The zero-order chi connectivity index (χ0) is 19.4. The maximum atomic E-state index is 12.9. The number of nitrogens with one attached hydrogen (secondary N) is 1. The number of hydrogen-bond donors (Lipinski definition) is 2. The van der Waals surface area contributed by atoms with Gasteiger partial charge in [-0.25, -0.2) is 0 Å². The predicted octanol–water partition coefficient (Wildman–Crippen LogP) is 2.40. The topological polar surface area (TPSA) is 89.5 Å². The van der Waals surface area contributed by atoms with Crippen molar-refractivity contribution >= 4 is 11.9 Å². The number of carbonyl (C=O) groups is 2. The van der Waals surface area contributed by atoms with Gasteiger partial charge in [0.05, 0.1) is 12.2 Å². The fourth-order valence-electron chi connectivity index (χ4n) is 3.54. The summed E-state index contributed by atoms with van der Waals surface area (Å²) in [5, 5.41) is 16.1. The van der Waals surface area contributed by atoms with Crippen LogP contribution in [0, 0.1) is 6.92 Å². The first-order valence-electron chi connectivity index (χ1n) is 9.28. The number of aliphatic carboxylic acids is 1. The number of likely N-dealkylation sites (tertiary alicyclic amines) is 1. The third kappa shape index (κ3) is 4.74. The molecule has 2 aromatic rings. The number of amides is 1. The van der Waals surface area contributed by atoms with Crippen LogP contribution >= 0.6 is 0 Å². The van der Waals surface area contributed by atoms with E-state index in [9.17, 15) is 9.59 Å². The molecule has 0 saturated carbocycles. The number of benzene rings is 1. The summed E-state index contributed by atoms with van der Waals surface area (Å²) in [5.41, 5.74) is 3.40. The summed E-state index contributed by atoms with van der Waals surface area (Å²) in [4.78, 5) is 27.5. The lowest BCUT2D eigenvalue weighted by Gasteiger charge is -2.25. The highest BCUT2D eigenvalue weighted by atomic mass is 16.4. The van der Waals surface area contributed by atoms with Crippen LogP contribution in [0.3, 0.4) is 0 Å². The first-order chi connectivity index (χ1) is 12.9. The van der Waals surface area contributed by atoms with Crippen molar-refractivity contribution in [3.8, 4) is 11.3 Å². The standard InChI is InChI=1S/C20H26N4O3/c1-14-5-7-15(8-6-14)17-12-18(22-21-17)20(27)24-10-3-4-16(9-11-24)23(2)13-19(25)26/h5-8,12,16H,3-4,9-11,13H2,1-2H3,(H,21,22)(H,25,26). The van der Waals surface area contributed by atoms with Crippen molar-refractivity contribution in [2.75, 3.05) is 26.7 Å². The molecule has 1 aliphatic heterocycles. The van der Waals surface area contributed by atoms with Gasteiger partial charge in [0.15, 0.2) is 0 Å². The lowest BCUT2D eigenvalue weighted by molar-refractivity contribution is -0.138. The predicted molar refractivity (Wildman–Crippen MR) is 103 cm³/mol. The lowest BCUT2D eigenvalue weighted by atomic mass is 10.1. The van der Waals surface area contributed by atoms with Crippen molar-refractivity contribution in [1.29, 1.82) is 0 Å². The molecule has 1 atom stereocenters. The van der Waals surface area contributed by atoms with Crippen molar-refractivity contribution in [2.45, 2.75) is 32.2 Å². The molecular weight excluding hydrogens is 344 g/mol. The molecule has 1 unspecified atom stereocenters. The van der Waals surface area contributed by atoms with Crippen molar-refractivity contribution in [1.82, 2.24) is 20.0 Å². The second-order valence-electron chi connectivity index (χ2n) is 7.22. The zero-order valence-corrected chi connectivity index (χ0v) is 15.8. The smallest absolute Gasteiger partial charge is 0.317 e. The van der Waals surface area contributed by atoms with E-state index >= 15 is 0 Å². The van der Waals surface area contributed by atoms with E-state index in [0.717, 1.165) is 30.5 Å². The molecule has 1 saturated heterocycles. The van der Waals surface area contributed by atoms with Crippen LogP contribution in [0.2, 0.25) is 0 Å². The third-order valence-corrected chi connectivity index (χ3v) is 5.15. The van der Waals surface area contributed by atoms with E-state index in [0.29, 0.717) is 18.8 Å². The fourth-order valence-corrected chi connectivity index (χ4v) is 3.54. The normalized spacial score (nSPS) is 17.7. The van der Waals surface area contributed by atoms with Gasteiger partial charge in [0, 0.05) is 24.7 Å². The summed E-state index contributed by atoms with van der Waals surface area (Å²) in [7, 11) is 1.83. The van der Waals surface area contributed by atoms with E-state index in [1.54, 1.807) is 6.07 Å². The zero-order valence-electron chi connectivity index (χ0n) is 15.8. The maximum Gasteiger partial charge on any atom is 0.317 e. The third-order valence-electron chi connectivity index (χ3n) is 5.15. The monoisotopic (exact) mass is 370 g/mol. The molecule has 1 aromatic heterocycles. The number of carboxylic acid groups (broad SMARTS) is 1. The van der Waals surface area contributed by atoms with E-state index in [2.05, 4.69) is 10.2 Å². The van der Waals surface area contributed by atoms with Gasteiger partial charge in [0.1, 0.15) is 5.69 Å². The first-order valence-corrected chi connectivity index (χ1v) is 9.28.